The van der Waals surface area contributed by atoms with Gasteiger partial charge in [0.15, 0.2) is 0 Å². The number of carbonyl (C=O) groups excluding carboxylic acids is 1. The van der Waals surface area contributed by atoms with Crippen molar-refractivity contribution in [1.29, 1.82) is 0 Å². The molecule has 5 rings (SSSR count). The molecule has 1 aliphatic heterocycles. The summed E-state index contributed by atoms with van der Waals surface area (Å²) in [5.41, 5.74) is 7.75. The summed E-state index contributed by atoms with van der Waals surface area (Å²) in [7, 11) is 0. The van der Waals surface area contributed by atoms with Crippen molar-refractivity contribution in [2.45, 2.75) is 57.2 Å². The fourth-order valence-electron chi connectivity index (χ4n) is 5.16. The van der Waals surface area contributed by atoms with E-state index in [9.17, 15) is 9.59 Å². The number of nitrogens with two attached hydrogens (primary N) is 1. The Labute approximate surface area is 206 Å². The van der Waals surface area contributed by atoms with Crippen LogP contribution in [-0.4, -0.2) is 70.2 Å². The normalized spacial score (nSPS) is 22.9. The lowest BCUT2D eigenvalue weighted by Gasteiger charge is -2.36. The maximum absolute atomic E-state index is 12.7. The van der Waals surface area contributed by atoms with Crippen LogP contribution in [0.5, 0.6) is 0 Å². The molecule has 0 atom stereocenters. The molecule has 0 radical (unpaired) electrons. The molecule has 188 valence electrons. The molecule has 2 saturated carbocycles. The maximum atomic E-state index is 12.7. The average Bonchev–Trinajstić information content (AvgIpc) is 3.70. The first kappa shape index (κ1) is 24.0. The van der Waals surface area contributed by atoms with Gasteiger partial charge in [-0.15, -0.1) is 0 Å². The molecular formula is C26H37N7O2. The second-order valence-electron chi connectivity index (χ2n) is 10.2. The van der Waals surface area contributed by atoms with Crippen LogP contribution in [0.2, 0.25) is 0 Å². The minimum atomic E-state index is -0.412. The smallest absolute Gasteiger partial charge is 0.328 e. The molecule has 1 aromatic carbocycles. The molecule has 0 spiro atoms. The fourth-order valence-corrected chi connectivity index (χ4v) is 5.16. The molecule has 2 heterocycles. The van der Waals surface area contributed by atoms with Gasteiger partial charge < -0.3 is 16.0 Å². The first-order valence-corrected chi connectivity index (χ1v) is 13.0. The van der Waals surface area contributed by atoms with Crippen LogP contribution in [-0.2, 0) is 6.54 Å². The highest BCUT2D eigenvalue weighted by Gasteiger charge is 2.30. The highest BCUT2D eigenvalue weighted by Crippen LogP contribution is 2.33. The predicted molar refractivity (Wildman–Crippen MR) is 137 cm³/mol. The van der Waals surface area contributed by atoms with E-state index < -0.39 is 5.69 Å². The van der Waals surface area contributed by atoms with Gasteiger partial charge in [0, 0.05) is 57.5 Å². The van der Waals surface area contributed by atoms with E-state index >= 15 is 0 Å². The van der Waals surface area contributed by atoms with Crippen LogP contribution in [0.15, 0.2) is 41.3 Å². The van der Waals surface area contributed by atoms with Gasteiger partial charge in [-0.3, -0.25) is 14.8 Å². The van der Waals surface area contributed by atoms with Crippen molar-refractivity contribution < 1.29 is 4.79 Å². The van der Waals surface area contributed by atoms with Crippen molar-refractivity contribution in [2.75, 3.05) is 38.0 Å². The van der Waals surface area contributed by atoms with Gasteiger partial charge in [-0.2, -0.15) is 4.98 Å². The molecular weight excluding hydrogens is 442 g/mol. The van der Waals surface area contributed by atoms with E-state index in [1.54, 1.807) is 17.2 Å². The summed E-state index contributed by atoms with van der Waals surface area (Å²) >= 11 is 0. The zero-order valence-electron chi connectivity index (χ0n) is 20.4. The number of anilines is 1. The number of urea groups is 1. The van der Waals surface area contributed by atoms with E-state index in [0.717, 1.165) is 44.1 Å². The third kappa shape index (κ3) is 6.28. The first-order valence-electron chi connectivity index (χ1n) is 13.0. The molecule has 2 amide bonds. The highest BCUT2D eigenvalue weighted by atomic mass is 16.2. The molecule has 1 saturated heterocycles. The number of hydrogen-bond acceptors (Lipinski definition) is 6. The third-order valence-corrected chi connectivity index (χ3v) is 7.49. The van der Waals surface area contributed by atoms with Crippen molar-refractivity contribution in [3.05, 3.63) is 52.6 Å². The van der Waals surface area contributed by atoms with Crippen LogP contribution >= 0.6 is 0 Å². The molecule has 4 N–H and O–H groups in total. The highest BCUT2D eigenvalue weighted by molar-refractivity contribution is 5.88. The molecule has 3 fully saturated rings. The fraction of sp³-hybridized carbons (Fsp3) is 0.577. The Hall–Kier alpha value is -2.75. The van der Waals surface area contributed by atoms with E-state index in [-0.39, 0.29) is 11.8 Å². The summed E-state index contributed by atoms with van der Waals surface area (Å²) in [6, 6.07) is 10.6. The van der Waals surface area contributed by atoms with Gasteiger partial charge in [-0.05, 0) is 68.2 Å². The van der Waals surface area contributed by atoms with Gasteiger partial charge in [-0.25, -0.2) is 9.59 Å². The molecule has 35 heavy (non-hydrogen) atoms. The molecule has 9 heteroatoms. The second kappa shape index (κ2) is 10.9. The Morgan fingerprint density at radius 1 is 1.06 bits per heavy atom. The topological polar surface area (TPSA) is 109 Å². The zero-order chi connectivity index (χ0) is 24.2. The van der Waals surface area contributed by atoms with E-state index in [1.807, 2.05) is 12.1 Å². The first-order chi connectivity index (χ1) is 17.0. The molecule has 9 nitrogen and oxygen atoms in total. The average molecular weight is 480 g/mol. The van der Waals surface area contributed by atoms with Gasteiger partial charge in [0.25, 0.3) is 0 Å². The number of rotatable bonds is 7. The quantitative estimate of drug-likeness (QED) is 0.562. The van der Waals surface area contributed by atoms with Gasteiger partial charge in [0.05, 0.1) is 5.69 Å². The van der Waals surface area contributed by atoms with Gasteiger partial charge in [-0.1, -0.05) is 12.1 Å². The van der Waals surface area contributed by atoms with Crippen molar-refractivity contribution in [2.24, 2.45) is 11.7 Å². The lowest BCUT2D eigenvalue weighted by Crippen LogP contribution is -2.48. The Balaban J connectivity index is 1.23. The standard InChI is InChI=1S/C26H37N7O2/c27-21-5-9-22(10-6-21)32(17-19-1-2-19)18-20-3-7-23(8-4-20)33-14-11-24(30-26(33)35)29-25(34)31-15-12-28-13-16-31/h3-4,7-8,11,14,19,21-22,28H,1-2,5-6,9-10,12-13,15-18,27H2,(H,29,30,34,35)/t21-,22-. The Morgan fingerprint density at radius 3 is 2.43 bits per heavy atom. The largest absolute Gasteiger partial charge is 0.354 e. The van der Waals surface area contributed by atoms with Crippen molar-refractivity contribution in [1.82, 2.24) is 24.7 Å². The summed E-state index contributed by atoms with van der Waals surface area (Å²) < 4.78 is 1.51. The Morgan fingerprint density at radius 2 is 1.77 bits per heavy atom. The van der Waals surface area contributed by atoms with Gasteiger partial charge in [0.1, 0.15) is 5.82 Å². The lowest BCUT2D eigenvalue weighted by atomic mass is 9.90. The van der Waals surface area contributed by atoms with Crippen LogP contribution in [0.25, 0.3) is 5.69 Å². The third-order valence-electron chi connectivity index (χ3n) is 7.49. The minimum absolute atomic E-state index is 0.226. The number of carbonyl (C=O) groups is 1. The molecule has 0 bridgehead atoms. The van der Waals surface area contributed by atoms with Crippen molar-refractivity contribution in [3.8, 4) is 5.69 Å². The molecule has 0 unspecified atom stereocenters. The zero-order valence-corrected chi connectivity index (χ0v) is 20.4. The summed E-state index contributed by atoms with van der Waals surface area (Å²) in [5, 5.41) is 5.95. The maximum Gasteiger partial charge on any atom is 0.354 e. The molecule has 3 aliphatic rings. The lowest BCUT2D eigenvalue weighted by molar-refractivity contribution is 0.136. The van der Waals surface area contributed by atoms with Gasteiger partial charge in [0.2, 0.25) is 0 Å². The van der Waals surface area contributed by atoms with Crippen molar-refractivity contribution >= 4 is 11.8 Å². The summed E-state index contributed by atoms with van der Waals surface area (Å²) in [6.07, 6.45) is 8.98. The van der Waals surface area contributed by atoms with Crippen LogP contribution < -0.4 is 22.1 Å². The van der Waals surface area contributed by atoms with Crippen molar-refractivity contribution in [3.63, 3.8) is 0 Å². The summed E-state index contributed by atoms with van der Waals surface area (Å²) in [5.74, 6) is 1.12. The Bertz CT molecular complexity index is 1050. The number of piperazine rings is 1. The minimum Gasteiger partial charge on any atom is -0.328 e. The van der Waals surface area contributed by atoms with E-state index in [2.05, 4.69) is 32.7 Å². The predicted octanol–water partition coefficient (Wildman–Crippen LogP) is 2.15. The number of amides is 2. The second-order valence-corrected chi connectivity index (χ2v) is 10.2. The van der Waals surface area contributed by atoms with Crippen LogP contribution in [0.4, 0.5) is 10.6 Å². The van der Waals surface area contributed by atoms with E-state index in [4.69, 9.17) is 5.73 Å². The number of nitrogens with zero attached hydrogens (tertiary/aromatic N) is 4. The van der Waals surface area contributed by atoms with Gasteiger partial charge >= 0.3 is 11.7 Å². The number of hydrogen-bond donors (Lipinski definition) is 3. The monoisotopic (exact) mass is 479 g/mol. The number of aromatic nitrogens is 2. The SMILES string of the molecule is N[C@H]1CC[C@H](N(Cc2ccc(-n3ccc(NC(=O)N4CCNCC4)nc3=O)cc2)CC2CC2)CC1. The summed E-state index contributed by atoms with van der Waals surface area (Å²) in [6.45, 7) is 4.92. The molecule has 1 aromatic heterocycles. The van der Waals surface area contributed by atoms with Crippen LogP contribution in [0.3, 0.4) is 0 Å². The van der Waals surface area contributed by atoms with Crippen LogP contribution in [0.1, 0.15) is 44.1 Å². The summed E-state index contributed by atoms with van der Waals surface area (Å²) in [4.78, 5) is 33.5. The number of benzene rings is 1. The number of nitrogens with one attached hydrogen (secondary N) is 2. The Kier molecular flexibility index (Phi) is 7.46. The van der Waals surface area contributed by atoms with E-state index in [1.165, 1.54) is 42.4 Å². The van der Waals surface area contributed by atoms with Crippen LogP contribution in [0, 0.1) is 5.92 Å². The molecule has 2 aromatic rings. The van der Waals surface area contributed by atoms with E-state index in [0.29, 0.717) is 25.2 Å². The molecule has 2 aliphatic carbocycles.